The van der Waals surface area contributed by atoms with E-state index in [1.165, 1.54) is 17.1 Å². The van der Waals surface area contributed by atoms with Gasteiger partial charge in [-0.05, 0) is 0 Å². The minimum absolute atomic E-state index is 0.124. The minimum atomic E-state index is -6.08. The fourth-order valence-electron chi connectivity index (χ4n) is 2.57. The first-order valence-electron chi connectivity index (χ1n) is 7.87. The lowest BCUT2D eigenvalue weighted by molar-refractivity contribution is -0.250. The lowest BCUT2D eigenvalue weighted by Crippen LogP contribution is -2.34. The van der Waals surface area contributed by atoms with E-state index < -0.39 is 54.6 Å². The maximum absolute atomic E-state index is 11.6. The zero-order chi connectivity index (χ0) is 23.2. The fourth-order valence-corrected chi connectivity index (χ4v) is 5.47. The van der Waals surface area contributed by atoms with Crippen molar-refractivity contribution in [3.63, 3.8) is 0 Å². The van der Waals surface area contributed by atoms with E-state index in [2.05, 4.69) is 28.1 Å². The third-order valence-corrected chi connectivity index (χ3v) is 7.44. The Balaban J connectivity index is 1.69. The highest BCUT2D eigenvalue weighted by Crippen LogP contribution is 2.61. The van der Waals surface area contributed by atoms with Gasteiger partial charge in [0.15, 0.2) is 11.9 Å². The number of nitrogens with zero attached hydrogens (tertiary/aromatic N) is 4. The number of anilines is 1. The fraction of sp³-hybridized carbons (Fsp3) is 0.500. The Labute approximate surface area is 171 Å². The monoisotopic (exact) mass is 504 g/mol. The van der Waals surface area contributed by atoms with Gasteiger partial charge in [0.1, 0.15) is 23.8 Å². The van der Waals surface area contributed by atoms with Gasteiger partial charge in [-0.3, -0.25) is 18.3 Å². The molecular weight excluding hydrogens is 491 g/mol. The number of rotatable bonds is 8. The Morgan fingerprint density at radius 2 is 1.81 bits per heavy atom. The molecule has 7 atom stereocenters. The molecule has 21 heteroatoms. The number of imidazole rings is 1. The van der Waals surface area contributed by atoms with Crippen LogP contribution in [0.1, 0.15) is 6.23 Å². The Morgan fingerprint density at radius 1 is 1.13 bits per heavy atom. The summed E-state index contributed by atoms with van der Waals surface area (Å²) in [7, 11) is -17.7. The summed E-state index contributed by atoms with van der Waals surface area (Å²) in [6.07, 6.45) is -3.75. The van der Waals surface area contributed by atoms with Crippen molar-refractivity contribution in [1.29, 1.82) is 0 Å². The van der Waals surface area contributed by atoms with E-state index >= 15 is 0 Å². The summed E-state index contributed by atoms with van der Waals surface area (Å²) in [6.45, 7) is -1.06. The number of phosphoric acid groups is 3. The standard InChI is InChI=1S/C10H16N5O13P3/c11-10-12-1-4-8(14-10)15(3-13-4)9-7(17)6(16)5(26-9)2-25-30(21,22)28-31(23,24)27-29(18,19)20/h1,3,5-7,9,16-17H,2H2,(H,21,22)(H,23,24)(H2,11,12,14)(H2,18,19,20)/p-3/t5-,6?,7+,9-/m1/s1. The molecule has 0 saturated carbocycles. The van der Waals surface area contributed by atoms with Crippen LogP contribution in [0.3, 0.4) is 0 Å². The first-order valence-corrected chi connectivity index (χ1v) is 12.3. The molecule has 174 valence electrons. The van der Waals surface area contributed by atoms with Gasteiger partial charge in [-0.25, -0.2) is 18.6 Å². The van der Waals surface area contributed by atoms with Crippen molar-refractivity contribution in [2.45, 2.75) is 24.5 Å². The third kappa shape index (κ3) is 5.91. The van der Waals surface area contributed by atoms with Gasteiger partial charge in [-0.2, -0.15) is 4.98 Å². The molecule has 18 nitrogen and oxygen atoms in total. The average Bonchev–Trinajstić information content (AvgIpc) is 3.11. The van der Waals surface area contributed by atoms with Crippen molar-refractivity contribution in [3.05, 3.63) is 12.5 Å². The van der Waals surface area contributed by atoms with E-state index in [0.29, 0.717) is 0 Å². The van der Waals surface area contributed by atoms with Crippen LogP contribution < -0.4 is 20.4 Å². The van der Waals surface area contributed by atoms with Crippen LogP contribution in [-0.2, 0) is 31.6 Å². The number of nitrogen functional groups attached to an aromatic ring is 1. The number of phosphoric ester groups is 1. The van der Waals surface area contributed by atoms with Crippen molar-refractivity contribution in [2.24, 2.45) is 0 Å². The van der Waals surface area contributed by atoms with Crippen molar-refractivity contribution in [3.8, 4) is 0 Å². The lowest BCUT2D eigenvalue weighted by atomic mass is 10.1. The molecule has 31 heavy (non-hydrogen) atoms. The first-order chi connectivity index (χ1) is 14.2. The van der Waals surface area contributed by atoms with Gasteiger partial charge < -0.3 is 44.8 Å². The molecule has 0 radical (unpaired) electrons. The van der Waals surface area contributed by atoms with Gasteiger partial charge >= 0.3 is 0 Å². The van der Waals surface area contributed by atoms with E-state index in [9.17, 15) is 38.6 Å². The summed E-state index contributed by atoms with van der Waals surface area (Å²) in [6, 6.07) is 0. The van der Waals surface area contributed by atoms with Crippen LogP contribution in [-0.4, -0.2) is 59.5 Å². The minimum Gasteiger partial charge on any atom is -0.756 e. The molecular formula is C10H13N5O13P3-3. The largest absolute Gasteiger partial charge is 0.756 e. The van der Waals surface area contributed by atoms with Crippen molar-refractivity contribution in [2.75, 3.05) is 12.3 Å². The first kappa shape index (κ1) is 24.3. The predicted molar refractivity (Wildman–Crippen MR) is 88.8 cm³/mol. The molecule has 3 rings (SSSR count). The highest BCUT2D eigenvalue weighted by molar-refractivity contribution is 7.65. The number of ether oxygens (including phenoxy) is 1. The molecule has 1 saturated heterocycles. The number of hydrogen-bond acceptors (Lipinski definition) is 16. The van der Waals surface area contributed by atoms with Gasteiger partial charge in [0.2, 0.25) is 5.95 Å². The smallest absolute Gasteiger partial charge is 0.280 e. The molecule has 2 aromatic rings. The van der Waals surface area contributed by atoms with Crippen LogP contribution >= 0.6 is 23.5 Å². The summed E-state index contributed by atoms with van der Waals surface area (Å²) in [4.78, 5) is 53.1. The van der Waals surface area contributed by atoms with E-state index in [-0.39, 0.29) is 17.1 Å². The van der Waals surface area contributed by atoms with Crippen LogP contribution in [0, 0.1) is 0 Å². The van der Waals surface area contributed by atoms with Gasteiger partial charge in [-0.15, -0.1) is 0 Å². The van der Waals surface area contributed by atoms with Crippen LogP contribution in [0.15, 0.2) is 12.5 Å². The summed E-state index contributed by atoms with van der Waals surface area (Å²) in [5, 5.41) is 20.3. The Kier molecular flexibility index (Phi) is 6.68. The van der Waals surface area contributed by atoms with Crippen LogP contribution in [0.2, 0.25) is 0 Å². The second-order valence-corrected chi connectivity index (χ2v) is 10.2. The summed E-state index contributed by atoms with van der Waals surface area (Å²) >= 11 is 0. The van der Waals surface area contributed by atoms with Gasteiger partial charge in [0, 0.05) is 0 Å². The van der Waals surface area contributed by atoms with Crippen molar-refractivity contribution >= 4 is 40.6 Å². The van der Waals surface area contributed by atoms with E-state index in [4.69, 9.17) is 15.4 Å². The molecule has 0 bridgehead atoms. The summed E-state index contributed by atoms with van der Waals surface area (Å²) < 4.78 is 50.6. The van der Waals surface area contributed by atoms with Crippen molar-refractivity contribution < 1.29 is 61.4 Å². The second kappa shape index (κ2) is 8.53. The zero-order valence-corrected chi connectivity index (χ0v) is 17.5. The zero-order valence-electron chi connectivity index (χ0n) is 14.8. The second-order valence-electron chi connectivity index (χ2n) is 5.96. The molecule has 2 aromatic heterocycles. The Bertz CT molecular complexity index is 1100. The summed E-state index contributed by atoms with van der Waals surface area (Å²) in [5.41, 5.74) is 5.89. The van der Waals surface area contributed by atoms with Crippen LogP contribution in [0.25, 0.3) is 11.2 Å². The maximum atomic E-state index is 11.6. The molecule has 4 unspecified atom stereocenters. The molecule has 0 amide bonds. The van der Waals surface area contributed by atoms with Crippen LogP contribution in [0.5, 0.6) is 0 Å². The van der Waals surface area contributed by atoms with Crippen LogP contribution in [0.4, 0.5) is 5.95 Å². The maximum Gasteiger partial charge on any atom is 0.280 e. The predicted octanol–water partition coefficient (Wildman–Crippen LogP) is -3.52. The normalized spacial score (nSPS) is 30.0. The third-order valence-electron chi connectivity index (χ3n) is 3.75. The van der Waals surface area contributed by atoms with Gasteiger partial charge in [-0.1, -0.05) is 0 Å². The highest BCUT2D eigenvalue weighted by atomic mass is 31.3. The average molecular weight is 504 g/mol. The molecule has 0 spiro atoms. The summed E-state index contributed by atoms with van der Waals surface area (Å²) in [5.74, 6) is -0.124. The Hall–Kier alpha value is -1.36. The van der Waals surface area contributed by atoms with Gasteiger partial charge in [0.05, 0.1) is 19.1 Å². The van der Waals surface area contributed by atoms with E-state index in [1.54, 1.807) is 0 Å². The van der Waals surface area contributed by atoms with E-state index in [1.807, 2.05) is 0 Å². The number of fused-ring (bicyclic) bond motifs is 1. The number of nitrogens with two attached hydrogens (primary N) is 1. The number of aliphatic hydroxyl groups excluding tert-OH is 2. The molecule has 0 aliphatic carbocycles. The van der Waals surface area contributed by atoms with Gasteiger partial charge in [0.25, 0.3) is 23.5 Å². The molecule has 1 fully saturated rings. The molecule has 0 aromatic carbocycles. The van der Waals surface area contributed by atoms with E-state index in [0.717, 1.165) is 0 Å². The quantitative estimate of drug-likeness (QED) is 0.253. The van der Waals surface area contributed by atoms with Crippen molar-refractivity contribution in [1.82, 2.24) is 19.5 Å². The topological polar surface area (TPSA) is 288 Å². The Morgan fingerprint density at radius 3 is 2.45 bits per heavy atom. The number of aliphatic hydroxyl groups is 2. The lowest BCUT2D eigenvalue weighted by Gasteiger charge is -2.33. The number of aromatic nitrogens is 4. The number of hydrogen-bond donors (Lipinski definition) is 4. The molecule has 1 aliphatic heterocycles. The molecule has 5 N–H and O–H groups in total. The highest BCUT2D eigenvalue weighted by Gasteiger charge is 2.45. The molecule has 3 heterocycles. The SMILES string of the molecule is Nc1ncc2ncn([C@@H]3O[C@H](COP(=O)([O-])OP(=O)([O-])OP(=O)([O-])O)C(O)[C@@H]3O)c2n1. The molecule has 1 aliphatic rings.